The van der Waals surface area contributed by atoms with E-state index in [1.807, 2.05) is 20.8 Å². The van der Waals surface area contributed by atoms with Gasteiger partial charge in [-0.2, -0.15) is 0 Å². The molecule has 0 bridgehead atoms. The zero-order valence-electron chi connectivity index (χ0n) is 10.8. The summed E-state index contributed by atoms with van der Waals surface area (Å²) < 4.78 is 4.84. The number of carbonyl (C=O) groups excluding carboxylic acids is 1. The van der Waals surface area contributed by atoms with Crippen LogP contribution in [-0.2, 0) is 11.2 Å². The van der Waals surface area contributed by atoms with E-state index in [4.69, 9.17) is 4.42 Å². The Kier molecular flexibility index (Phi) is 3.46. The Morgan fingerprint density at radius 1 is 1.28 bits per heavy atom. The molecular formula is C14H16N2O2. The number of nitrogens with zero attached hydrogens (tertiary/aromatic N) is 1. The molecule has 1 N–H and O–H groups in total. The lowest BCUT2D eigenvalue weighted by molar-refractivity contribution is -0.115. The second kappa shape index (κ2) is 5.04. The van der Waals surface area contributed by atoms with Gasteiger partial charge in [-0.1, -0.05) is 17.7 Å². The Hall–Kier alpha value is -2.10. The molecule has 0 saturated carbocycles. The third-order valence-electron chi connectivity index (χ3n) is 2.77. The van der Waals surface area contributed by atoms with Crippen molar-refractivity contribution in [3.8, 4) is 0 Å². The van der Waals surface area contributed by atoms with Crippen molar-refractivity contribution >= 4 is 11.6 Å². The highest BCUT2D eigenvalue weighted by Crippen LogP contribution is 2.22. The molecule has 0 unspecified atom stereocenters. The Balaban J connectivity index is 2.12. The van der Waals surface area contributed by atoms with Crippen LogP contribution in [0.1, 0.15) is 22.4 Å². The Morgan fingerprint density at radius 2 is 1.94 bits per heavy atom. The van der Waals surface area contributed by atoms with E-state index in [0.29, 0.717) is 5.69 Å². The van der Waals surface area contributed by atoms with Crippen molar-refractivity contribution < 1.29 is 9.21 Å². The highest BCUT2D eigenvalue weighted by Gasteiger charge is 2.10. The molecule has 0 fully saturated rings. The number of amides is 1. The summed E-state index contributed by atoms with van der Waals surface area (Å²) in [7, 11) is 0. The molecule has 18 heavy (non-hydrogen) atoms. The summed E-state index contributed by atoms with van der Waals surface area (Å²) in [6, 6.07) is 4.11. The third kappa shape index (κ3) is 2.77. The molecule has 1 aromatic carbocycles. The molecule has 0 saturated heterocycles. The number of rotatable bonds is 3. The molecule has 4 heteroatoms. The number of aromatic nitrogens is 1. The van der Waals surface area contributed by atoms with Gasteiger partial charge in [0, 0.05) is 5.69 Å². The fourth-order valence-electron chi connectivity index (χ4n) is 2.05. The molecule has 2 rings (SSSR count). The zero-order valence-corrected chi connectivity index (χ0v) is 10.8. The minimum Gasteiger partial charge on any atom is -0.451 e. The van der Waals surface area contributed by atoms with Crippen LogP contribution < -0.4 is 5.32 Å². The van der Waals surface area contributed by atoms with E-state index < -0.39 is 0 Å². The highest BCUT2D eigenvalue weighted by molar-refractivity contribution is 5.93. The number of hydrogen-bond acceptors (Lipinski definition) is 3. The second-order valence-corrected chi connectivity index (χ2v) is 4.48. The minimum absolute atomic E-state index is 0.0843. The first-order valence-electron chi connectivity index (χ1n) is 5.81. The third-order valence-corrected chi connectivity index (χ3v) is 2.77. The lowest BCUT2D eigenvalue weighted by Crippen LogP contribution is -2.16. The summed E-state index contributed by atoms with van der Waals surface area (Å²) >= 11 is 0. The predicted octanol–water partition coefficient (Wildman–Crippen LogP) is 2.78. The maximum absolute atomic E-state index is 11.9. The van der Waals surface area contributed by atoms with Crippen molar-refractivity contribution in [2.75, 3.05) is 5.32 Å². The van der Waals surface area contributed by atoms with E-state index in [1.165, 1.54) is 18.2 Å². The first kappa shape index (κ1) is 12.4. The molecule has 0 radical (unpaired) electrons. The first-order chi connectivity index (χ1) is 8.56. The van der Waals surface area contributed by atoms with Gasteiger partial charge in [-0.15, -0.1) is 0 Å². The average Bonchev–Trinajstić information content (AvgIpc) is 2.76. The molecule has 1 aromatic heterocycles. The molecular weight excluding hydrogens is 228 g/mol. The predicted molar refractivity (Wildman–Crippen MR) is 69.5 cm³/mol. The maximum Gasteiger partial charge on any atom is 0.230 e. The van der Waals surface area contributed by atoms with E-state index in [-0.39, 0.29) is 12.3 Å². The molecule has 4 nitrogen and oxygen atoms in total. The molecule has 0 aliphatic carbocycles. The SMILES string of the molecule is Cc1cc(C)c(NC(=O)Cc2cocn2)c(C)c1. The van der Waals surface area contributed by atoms with Gasteiger partial charge in [-0.3, -0.25) is 4.79 Å². The van der Waals surface area contributed by atoms with E-state index in [1.54, 1.807) is 0 Å². The number of carbonyl (C=O) groups is 1. The molecule has 1 amide bonds. The summed E-state index contributed by atoms with van der Waals surface area (Å²) in [5, 5.41) is 2.92. The molecule has 0 aliphatic rings. The van der Waals surface area contributed by atoms with Crippen LogP contribution in [0, 0.1) is 20.8 Å². The van der Waals surface area contributed by atoms with Gasteiger partial charge in [-0.25, -0.2) is 4.98 Å². The molecule has 94 valence electrons. The fraction of sp³-hybridized carbons (Fsp3) is 0.286. The van der Waals surface area contributed by atoms with E-state index in [0.717, 1.165) is 16.8 Å². The minimum atomic E-state index is -0.0843. The van der Waals surface area contributed by atoms with Gasteiger partial charge in [0.2, 0.25) is 5.91 Å². The van der Waals surface area contributed by atoms with Gasteiger partial charge in [0.15, 0.2) is 6.39 Å². The molecule has 0 aliphatic heterocycles. The largest absolute Gasteiger partial charge is 0.451 e. The summed E-state index contributed by atoms with van der Waals surface area (Å²) in [6.07, 6.45) is 3.03. The number of hydrogen-bond donors (Lipinski definition) is 1. The van der Waals surface area contributed by atoms with Gasteiger partial charge in [0.05, 0.1) is 12.1 Å². The summed E-state index contributed by atoms with van der Waals surface area (Å²) in [6.45, 7) is 6.03. The monoisotopic (exact) mass is 244 g/mol. The van der Waals surface area contributed by atoms with Crippen molar-refractivity contribution in [3.63, 3.8) is 0 Å². The van der Waals surface area contributed by atoms with Crippen molar-refractivity contribution in [3.05, 3.63) is 47.2 Å². The maximum atomic E-state index is 11.9. The van der Waals surface area contributed by atoms with Crippen LogP contribution in [0.3, 0.4) is 0 Å². The summed E-state index contributed by atoms with van der Waals surface area (Å²) in [4.78, 5) is 15.8. The lowest BCUT2D eigenvalue weighted by Gasteiger charge is -2.12. The van der Waals surface area contributed by atoms with Crippen molar-refractivity contribution in [2.24, 2.45) is 0 Å². The van der Waals surface area contributed by atoms with Crippen LogP contribution in [0.4, 0.5) is 5.69 Å². The second-order valence-electron chi connectivity index (χ2n) is 4.48. The molecule has 0 spiro atoms. The Bertz CT molecular complexity index is 536. The molecule has 0 atom stereocenters. The van der Waals surface area contributed by atoms with Crippen LogP contribution in [0.25, 0.3) is 0 Å². The summed E-state index contributed by atoms with van der Waals surface area (Å²) in [5.74, 6) is -0.0843. The number of nitrogens with one attached hydrogen (secondary N) is 1. The van der Waals surface area contributed by atoms with E-state index in [2.05, 4.69) is 22.4 Å². The smallest absolute Gasteiger partial charge is 0.230 e. The van der Waals surface area contributed by atoms with Crippen LogP contribution in [-0.4, -0.2) is 10.9 Å². The van der Waals surface area contributed by atoms with Crippen LogP contribution in [0.15, 0.2) is 29.2 Å². The van der Waals surface area contributed by atoms with Crippen molar-refractivity contribution in [2.45, 2.75) is 27.2 Å². The quantitative estimate of drug-likeness (QED) is 0.903. The zero-order chi connectivity index (χ0) is 13.1. The van der Waals surface area contributed by atoms with E-state index in [9.17, 15) is 4.79 Å². The Morgan fingerprint density at radius 3 is 2.50 bits per heavy atom. The topological polar surface area (TPSA) is 55.1 Å². The molecule has 1 heterocycles. The first-order valence-corrected chi connectivity index (χ1v) is 5.81. The molecule has 2 aromatic rings. The number of aryl methyl sites for hydroxylation is 3. The van der Waals surface area contributed by atoms with Gasteiger partial charge >= 0.3 is 0 Å². The Labute approximate surface area is 106 Å². The van der Waals surface area contributed by atoms with Crippen LogP contribution in [0.5, 0.6) is 0 Å². The van der Waals surface area contributed by atoms with Gasteiger partial charge < -0.3 is 9.73 Å². The van der Waals surface area contributed by atoms with Gasteiger partial charge in [-0.05, 0) is 31.9 Å². The normalized spacial score (nSPS) is 10.4. The van der Waals surface area contributed by atoms with Gasteiger partial charge in [0.1, 0.15) is 6.26 Å². The highest BCUT2D eigenvalue weighted by atomic mass is 16.3. The van der Waals surface area contributed by atoms with Crippen molar-refractivity contribution in [1.29, 1.82) is 0 Å². The van der Waals surface area contributed by atoms with Gasteiger partial charge in [0.25, 0.3) is 0 Å². The van der Waals surface area contributed by atoms with Crippen LogP contribution in [0.2, 0.25) is 0 Å². The number of oxazole rings is 1. The van der Waals surface area contributed by atoms with Crippen LogP contribution >= 0.6 is 0 Å². The lowest BCUT2D eigenvalue weighted by atomic mass is 10.0. The standard InChI is InChI=1S/C14H16N2O2/c1-9-4-10(2)14(11(3)5-9)16-13(17)6-12-7-18-8-15-12/h4-5,7-8H,6H2,1-3H3,(H,16,17). The van der Waals surface area contributed by atoms with E-state index >= 15 is 0 Å². The number of benzene rings is 1. The van der Waals surface area contributed by atoms with Crippen molar-refractivity contribution in [1.82, 2.24) is 4.98 Å². The summed E-state index contributed by atoms with van der Waals surface area (Å²) in [5.41, 5.74) is 4.85. The number of anilines is 1. The average molecular weight is 244 g/mol. The fourth-order valence-corrected chi connectivity index (χ4v) is 2.05.